The van der Waals surface area contributed by atoms with Crippen molar-refractivity contribution in [2.24, 2.45) is 11.8 Å². The molecule has 1 nitrogen and oxygen atoms in total. The number of benzene rings is 1. The summed E-state index contributed by atoms with van der Waals surface area (Å²) in [5.74, 6) is 1.82. The molecule has 18 heavy (non-hydrogen) atoms. The first-order valence-corrected chi connectivity index (χ1v) is 7.55. The van der Waals surface area contributed by atoms with E-state index < -0.39 is 0 Å². The van der Waals surface area contributed by atoms with Crippen LogP contribution in [0.2, 0.25) is 0 Å². The molecule has 1 heteroatoms. The van der Waals surface area contributed by atoms with Gasteiger partial charge < -0.3 is 5.11 Å². The van der Waals surface area contributed by atoms with Crippen LogP contribution in [-0.4, -0.2) is 11.2 Å². The number of aliphatic hydroxyl groups is 1. The van der Waals surface area contributed by atoms with Crippen molar-refractivity contribution in [1.82, 2.24) is 0 Å². The summed E-state index contributed by atoms with van der Waals surface area (Å²) in [4.78, 5) is 0. The largest absolute Gasteiger partial charge is 0.392 e. The lowest BCUT2D eigenvalue weighted by atomic mass is 9.67. The predicted octanol–water partition coefficient (Wildman–Crippen LogP) is 3.90. The second kappa shape index (κ2) is 5.05. The van der Waals surface area contributed by atoms with E-state index in [-0.39, 0.29) is 6.10 Å². The van der Waals surface area contributed by atoms with Gasteiger partial charge in [0.2, 0.25) is 0 Å². The molecule has 0 saturated heterocycles. The van der Waals surface area contributed by atoms with E-state index >= 15 is 0 Å². The molecule has 4 atom stereocenters. The van der Waals surface area contributed by atoms with E-state index in [2.05, 4.69) is 31.2 Å². The number of aliphatic hydroxyl groups excluding tert-OH is 1. The maximum atomic E-state index is 10.7. The van der Waals surface area contributed by atoms with Gasteiger partial charge in [0.1, 0.15) is 0 Å². The molecule has 1 aromatic carbocycles. The topological polar surface area (TPSA) is 20.2 Å². The summed E-state index contributed by atoms with van der Waals surface area (Å²) in [6, 6.07) is 8.61. The lowest BCUT2D eigenvalue weighted by molar-refractivity contribution is 0.0402. The molecule has 0 heterocycles. The molecule has 0 amide bonds. The van der Waals surface area contributed by atoms with Gasteiger partial charge in [-0.1, -0.05) is 50.5 Å². The highest BCUT2D eigenvalue weighted by Crippen LogP contribution is 2.43. The maximum absolute atomic E-state index is 10.7. The summed E-state index contributed by atoms with van der Waals surface area (Å²) in [5, 5.41) is 10.7. The van der Waals surface area contributed by atoms with Crippen LogP contribution < -0.4 is 0 Å². The summed E-state index contributed by atoms with van der Waals surface area (Å²) in [5.41, 5.74) is 2.85. The average Bonchev–Trinajstić information content (AvgIpc) is 2.40. The van der Waals surface area contributed by atoms with Crippen LogP contribution in [-0.2, 0) is 6.42 Å². The van der Waals surface area contributed by atoms with Crippen LogP contribution in [0, 0.1) is 11.8 Å². The van der Waals surface area contributed by atoms with Crippen molar-refractivity contribution in [2.75, 3.05) is 0 Å². The highest BCUT2D eigenvalue weighted by atomic mass is 16.3. The molecule has 98 valence electrons. The number of hydrogen-bond acceptors (Lipinski definition) is 1. The Kier molecular flexibility index (Phi) is 3.43. The first kappa shape index (κ1) is 12.2. The fourth-order valence-electron chi connectivity index (χ4n) is 3.94. The minimum atomic E-state index is -0.103. The van der Waals surface area contributed by atoms with Crippen LogP contribution >= 0.6 is 0 Å². The number of hydrogen-bond donors (Lipinski definition) is 1. The van der Waals surface area contributed by atoms with Crippen LogP contribution in [0.5, 0.6) is 0 Å². The van der Waals surface area contributed by atoms with Crippen LogP contribution in [0.15, 0.2) is 24.3 Å². The van der Waals surface area contributed by atoms with Crippen molar-refractivity contribution in [3.8, 4) is 0 Å². The first-order chi connectivity index (χ1) is 8.79. The zero-order valence-corrected chi connectivity index (χ0v) is 11.3. The van der Waals surface area contributed by atoms with E-state index in [1.807, 2.05) is 0 Å². The van der Waals surface area contributed by atoms with Crippen LogP contribution in [0.25, 0.3) is 0 Å². The molecule has 0 spiro atoms. The third-order valence-electron chi connectivity index (χ3n) is 5.19. The van der Waals surface area contributed by atoms with Gasteiger partial charge in [0, 0.05) is 5.92 Å². The molecule has 1 fully saturated rings. The Morgan fingerprint density at radius 3 is 2.89 bits per heavy atom. The Bertz CT molecular complexity index is 412. The molecule has 2 aliphatic carbocycles. The summed E-state index contributed by atoms with van der Waals surface area (Å²) >= 11 is 0. The van der Waals surface area contributed by atoms with Gasteiger partial charge in [0.05, 0.1) is 6.10 Å². The SMILES string of the molecule is CCC1CCCC(C(O)C2Cc3ccccc32)C1. The summed E-state index contributed by atoms with van der Waals surface area (Å²) < 4.78 is 0. The van der Waals surface area contributed by atoms with Crippen LogP contribution in [0.3, 0.4) is 0 Å². The monoisotopic (exact) mass is 244 g/mol. The first-order valence-electron chi connectivity index (χ1n) is 7.55. The minimum Gasteiger partial charge on any atom is -0.392 e. The highest BCUT2D eigenvalue weighted by Gasteiger charge is 2.37. The standard InChI is InChI=1S/C17H24O/c1-2-12-6-5-8-14(10-12)17(18)16-11-13-7-3-4-9-15(13)16/h3-4,7,9,12,14,16-18H,2,5-6,8,10-11H2,1H3. The molecular formula is C17H24O. The average molecular weight is 244 g/mol. The van der Waals surface area contributed by atoms with Crippen molar-refractivity contribution in [1.29, 1.82) is 0 Å². The summed E-state index contributed by atoms with van der Waals surface area (Å²) in [6.45, 7) is 2.29. The molecular weight excluding hydrogens is 220 g/mol. The normalized spacial score (nSPS) is 32.4. The third-order valence-corrected chi connectivity index (χ3v) is 5.19. The Morgan fingerprint density at radius 1 is 1.28 bits per heavy atom. The molecule has 0 radical (unpaired) electrons. The lowest BCUT2D eigenvalue weighted by Gasteiger charge is -2.40. The Hall–Kier alpha value is -0.820. The highest BCUT2D eigenvalue weighted by molar-refractivity contribution is 5.40. The van der Waals surface area contributed by atoms with Gasteiger partial charge in [0.15, 0.2) is 0 Å². The zero-order chi connectivity index (χ0) is 12.5. The van der Waals surface area contributed by atoms with Crippen molar-refractivity contribution >= 4 is 0 Å². The molecule has 2 aliphatic rings. The van der Waals surface area contributed by atoms with Gasteiger partial charge in [-0.3, -0.25) is 0 Å². The molecule has 3 rings (SSSR count). The van der Waals surface area contributed by atoms with Gasteiger partial charge in [0.25, 0.3) is 0 Å². The predicted molar refractivity (Wildman–Crippen MR) is 74.6 cm³/mol. The van der Waals surface area contributed by atoms with E-state index in [1.54, 1.807) is 0 Å². The van der Waals surface area contributed by atoms with Crippen LogP contribution in [0.4, 0.5) is 0 Å². The van der Waals surface area contributed by atoms with E-state index in [0.717, 1.165) is 12.3 Å². The zero-order valence-electron chi connectivity index (χ0n) is 11.3. The second-order valence-corrected chi connectivity index (χ2v) is 6.20. The summed E-state index contributed by atoms with van der Waals surface area (Å²) in [6.07, 6.45) is 7.44. The van der Waals surface area contributed by atoms with Gasteiger partial charge in [-0.05, 0) is 42.2 Å². The van der Waals surface area contributed by atoms with E-state index in [0.29, 0.717) is 11.8 Å². The molecule has 1 saturated carbocycles. The molecule has 4 unspecified atom stereocenters. The Balaban J connectivity index is 1.67. The Labute approximate surface area is 110 Å². The molecule has 0 bridgehead atoms. The van der Waals surface area contributed by atoms with Crippen LogP contribution in [0.1, 0.15) is 56.1 Å². The number of fused-ring (bicyclic) bond motifs is 1. The van der Waals surface area contributed by atoms with Gasteiger partial charge >= 0.3 is 0 Å². The maximum Gasteiger partial charge on any atom is 0.0640 e. The van der Waals surface area contributed by atoms with Crippen molar-refractivity contribution < 1.29 is 5.11 Å². The fourth-order valence-corrected chi connectivity index (χ4v) is 3.94. The Morgan fingerprint density at radius 2 is 2.11 bits per heavy atom. The van der Waals surface area contributed by atoms with Crippen molar-refractivity contribution in [3.63, 3.8) is 0 Å². The van der Waals surface area contributed by atoms with Crippen molar-refractivity contribution in [2.45, 2.75) is 57.5 Å². The smallest absolute Gasteiger partial charge is 0.0640 e. The van der Waals surface area contributed by atoms with Gasteiger partial charge in [-0.15, -0.1) is 0 Å². The summed E-state index contributed by atoms with van der Waals surface area (Å²) in [7, 11) is 0. The van der Waals surface area contributed by atoms with E-state index in [1.165, 1.54) is 43.2 Å². The fraction of sp³-hybridized carbons (Fsp3) is 0.647. The van der Waals surface area contributed by atoms with Gasteiger partial charge in [-0.25, -0.2) is 0 Å². The lowest BCUT2D eigenvalue weighted by Crippen LogP contribution is -2.36. The molecule has 1 aromatic rings. The van der Waals surface area contributed by atoms with Gasteiger partial charge in [-0.2, -0.15) is 0 Å². The molecule has 0 aromatic heterocycles. The van der Waals surface area contributed by atoms with E-state index in [4.69, 9.17) is 0 Å². The second-order valence-electron chi connectivity index (χ2n) is 6.20. The quantitative estimate of drug-likeness (QED) is 0.855. The molecule has 1 N–H and O–H groups in total. The third kappa shape index (κ3) is 2.09. The number of rotatable bonds is 3. The van der Waals surface area contributed by atoms with Crippen molar-refractivity contribution in [3.05, 3.63) is 35.4 Å². The molecule has 0 aliphatic heterocycles. The minimum absolute atomic E-state index is 0.103. The van der Waals surface area contributed by atoms with E-state index in [9.17, 15) is 5.11 Å².